The van der Waals surface area contributed by atoms with Crippen LogP contribution in [0.25, 0.3) is 10.9 Å². The highest BCUT2D eigenvalue weighted by Crippen LogP contribution is 2.23. The number of hydrogen-bond donors (Lipinski definition) is 3. The molecule has 2 aromatic carbocycles. The number of methoxy groups -OCH3 is 1. The number of oxime groups is 1. The van der Waals surface area contributed by atoms with Crippen LogP contribution in [-0.2, 0) is 15.9 Å². The Bertz CT molecular complexity index is 1060. The minimum Gasteiger partial charge on any atom is -0.497 e. The van der Waals surface area contributed by atoms with Gasteiger partial charge in [-0.25, -0.2) is 0 Å². The Balaban J connectivity index is 0.000000207. The van der Waals surface area contributed by atoms with E-state index in [2.05, 4.69) is 10.1 Å². The zero-order valence-corrected chi connectivity index (χ0v) is 15.8. The summed E-state index contributed by atoms with van der Waals surface area (Å²) in [5.41, 5.74) is -0.184. The van der Waals surface area contributed by atoms with E-state index in [4.69, 9.17) is 14.5 Å². The number of aromatic amines is 1. The second-order valence-electron chi connectivity index (χ2n) is 5.78. The maximum absolute atomic E-state index is 12.3. The van der Waals surface area contributed by atoms with Crippen LogP contribution in [0.2, 0.25) is 0 Å². The van der Waals surface area contributed by atoms with Crippen molar-refractivity contribution >= 4 is 26.7 Å². The number of alkyl halides is 3. The summed E-state index contributed by atoms with van der Waals surface area (Å²) in [7, 11) is -2.55. The van der Waals surface area contributed by atoms with Gasteiger partial charge in [0.1, 0.15) is 11.5 Å². The zero-order chi connectivity index (χ0) is 21.7. The second-order valence-corrected chi connectivity index (χ2v) is 7.24. The van der Waals surface area contributed by atoms with Crippen molar-refractivity contribution in [1.82, 2.24) is 4.98 Å². The van der Waals surface area contributed by atoms with Crippen LogP contribution in [0.5, 0.6) is 5.75 Å². The van der Waals surface area contributed by atoms with Crippen molar-refractivity contribution in [2.24, 2.45) is 5.16 Å². The van der Waals surface area contributed by atoms with E-state index in [1.54, 1.807) is 6.07 Å². The molecule has 0 aliphatic carbocycles. The van der Waals surface area contributed by atoms with Gasteiger partial charge in [-0.2, -0.15) is 21.6 Å². The lowest BCUT2D eigenvalue weighted by molar-refractivity contribution is -0.0601. The van der Waals surface area contributed by atoms with Crippen molar-refractivity contribution in [2.45, 2.75) is 11.9 Å². The SMILES string of the molecule is COc1ccc(C(=NO)C(F)(F)F)cc1.O=S(=O)(O)Cc1cc2ccccc2[nH]1. The van der Waals surface area contributed by atoms with Crippen LogP contribution in [0.1, 0.15) is 11.3 Å². The molecule has 1 aromatic heterocycles. The Hall–Kier alpha value is -3.05. The average molecular weight is 430 g/mol. The summed E-state index contributed by atoms with van der Waals surface area (Å²) in [6.07, 6.45) is -4.68. The summed E-state index contributed by atoms with van der Waals surface area (Å²) < 4.78 is 71.5. The molecule has 7 nitrogen and oxygen atoms in total. The van der Waals surface area contributed by atoms with Gasteiger partial charge in [0.15, 0.2) is 5.71 Å². The van der Waals surface area contributed by atoms with Gasteiger partial charge in [-0.05, 0) is 41.8 Å². The van der Waals surface area contributed by atoms with Crippen LogP contribution in [0, 0.1) is 0 Å². The monoisotopic (exact) mass is 430 g/mol. The van der Waals surface area contributed by atoms with Crippen LogP contribution in [0.3, 0.4) is 0 Å². The largest absolute Gasteiger partial charge is 0.497 e. The van der Waals surface area contributed by atoms with Gasteiger partial charge >= 0.3 is 6.18 Å². The van der Waals surface area contributed by atoms with Crippen molar-refractivity contribution in [3.05, 3.63) is 65.9 Å². The van der Waals surface area contributed by atoms with E-state index in [0.29, 0.717) is 11.4 Å². The number of benzene rings is 2. The molecular formula is C18H17F3N2O5S. The van der Waals surface area contributed by atoms with Gasteiger partial charge in [-0.3, -0.25) is 4.55 Å². The predicted molar refractivity (Wildman–Crippen MR) is 101 cm³/mol. The van der Waals surface area contributed by atoms with E-state index in [1.165, 1.54) is 31.4 Å². The molecule has 0 spiro atoms. The van der Waals surface area contributed by atoms with Crippen LogP contribution in [0.4, 0.5) is 13.2 Å². The number of rotatable bonds is 4. The number of aromatic nitrogens is 1. The first-order chi connectivity index (χ1) is 13.5. The summed E-state index contributed by atoms with van der Waals surface area (Å²) in [6.45, 7) is 0. The van der Waals surface area contributed by atoms with Crippen molar-refractivity contribution in [2.75, 3.05) is 7.11 Å². The van der Waals surface area contributed by atoms with Gasteiger partial charge in [0.25, 0.3) is 10.1 Å². The zero-order valence-electron chi connectivity index (χ0n) is 15.0. The molecule has 3 aromatic rings. The normalized spacial score (nSPS) is 12.4. The minimum atomic E-state index is -4.68. The molecule has 0 aliphatic rings. The lowest BCUT2D eigenvalue weighted by Gasteiger charge is -2.08. The fraction of sp³-hybridized carbons (Fsp3) is 0.167. The summed E-state index contributed by atoms with van der Waals surface area (Å²) >= 11 is 0. The molecule has 11 heteroatoms. The second kappa shape index (κ2) is 8.97. The highest BCUT2D eigenvalue weighted by Gasteiger charge is 2.37. The van der Waals surface area contributed by atoms with E-state index < -0.39 is 22.0 Å². The van der Waals surface area contributed by atoms with E-state index in [9.17, 15) is 21.6 Å². The summed E-state index contributed by atoms with van der Waals surface area (Å²) in [4.78, 5) is 2.91. The lowest BCUT2D eigenvalue weighted by atomic mass is 10.1. The molecule has 1 heterocycles. The molecule has 156 valence electrons. The van der Waals surface area contributed by atoms with Gasteiger partial charge < -0.3 is 14.9 Å². The Morgan fingerprint density at radius 3 is 2.24 bits per heavy atom. The van der Waals surface area contributed by atoms with Gasteiger partial charge in [0.05, 0.1) is 7.11 Å². The predicted octanol–water partition coefficient (Wildman–Crippen LogP) is 3.99. The summed E-state index contributed by atoms with van der Waals surface area (Å²) in [5, 5.41) is 11.5. The number of fused-ring (bicyclic) bond motifs is 1. The van der Waals surface area contributed by atoms with Gasteiger partial charge in [-0.1, -0.05) is 23.4 Å². The van der Waals surface area contributed by atoms with Crippen molar-refractivity contribution in [3.63, 3.8) is 0 Å². The molecule has 0 unspecified atom stereocenters. The highest BCUT2D eigenvalue weighted by molar-refractivity contribution is 7.85. The average Bonchev–Trinajstić information content (AvgIpc) is 3.02. The third kappa shape index (κ3) is 6.50. The lowest BCUT2D eigenvalue weighted by Crippen LogP contribution is -2.23. The Kier molecular flexibility index (Phi) is 6.88. The van der Waals surface area contributed by atoms with Gasteiger partial charge in [0, 0.05) is 16.8 Å². The van der Waals surface area contributed by atoms with Gasteiger partial charge in [0.2, 0.25) is 0 Å². The van der Waals surface area contributed by atoms with E-state index in [-0.39, 0.29) is 11.3 Å². The first kappa shape index (κ1) is 22.2. The smallest absolute Gasteiger partial charge is 0.437 e. The first-order valence-corrected chi connectivity index (χ1v) is 9.60. The van der Waals surface area contributed by atoms with Crippen LogP contribution >= 0.6 is 0 Å². The molecular weight excluding hydrogens is 413 g/mol. The van der Waals surface area contributed by atoms with E-state index >= 15 is 0 Å². The number of ether oxygens (including phenoxy) is 1. The minimum absolute atomic E-state index is 0.217. The molecule has 0 radical (unpaired) electrons. The Labute approximate surface area is 164 Å². The maximum Gasteiger partial charge on any atom is 0.437 e. The van der Waals surface area contributed by atoms with Crippen LogP contribution in [-0.4, -0.2) is 42.2 Å². The van der Waals surface area contributed by atoms with Crippen LogP contribution < -0.4 is 4.74 Å². The molecule has 0 atom stereocenters. The number of nitrogens with one attached hydrogen (secondary N) is 1. The fourth-order valence-electron chi connectivity index (χ4n) is 2.43. The third-order valence-electron chi connectivity index (χ3n) is 3.66. The molecule has 0 aliphatic heterocycles. The molecule has 0 amide bonds. The summed E-state index contributed by atoms with van der Waals surface area (Å²) in [5.74, 6) is 0.0556. The number of H-pyrrole nitrogens is 1. The van der Waals surface area contributed by atoms with Crippen LogP contribution in [0.15, 0.2) is 59.8 Å². The molecule has 0 saturated carbocycles. The van der Waals surface area contributed by atoms with Gasteiger partial charge in [-0.15, -0.1) is 0 Å². The molecule has 0 bridgehead atoms. The number of para-hydroxylation sites is 1. The Morgan fingerprint density at radius 2 is 1.76 bits per heavy atom. The maximum atomic E-state index is 12.3. The quantitative estimate of drug-likeness (QED) is 0.251. The molecule has 29 heavy (non-hydrogen) atoms. The van der Waals surface area contributed by atoms with Crippen molar-refractivity contribution < 1.29 is 36.1 Å². The molecule has 3 rings (SSSR count). The third-order valence-corrected chi connectivity index (χ3v) is 4.33. The molecule has 0 saturated heterocycles. The molecule has 0 fully saturated rings. The Morgan fingerprint density at radius 1 is 1.14 bits per heavy atom. The van der Waals surface area contributed by atoms with Crippen molar-refractivity contribution in [3.8, 4) is 5.75 Å². The standard InChI is InChI=1S/C9H8F3NO2.C9H9NO3S/c1-15-7-4-2-6(3-5-7)8(13-14)9(10,11)12;11-14(12,13)6-8-5-7-3-1-2-4-9(7)10-8/h2-5,14H,1H3;1-5,10H,6H2,(H,11,12,13). The summed E-state index contributed by atoms with van der Waals surface area (Å²) in [6, 6.07) is 14.2. The molecule has 3 N–H and O–H groups in total. The fourth-order valence-corrected chi connectivity index (χ4v) is 2.98. The number of hydrogen-bond acceptors (Lipinski definition) is 5. The first-order valence-electron chi connectivity index (χ1n) is 7.99. The topological polar surface area (TPSA) is 112 Å². The number of halogens is 3. The van der Waals surface area contributed by atoms with E-state index in [1.807, 2.05) is 24.3 Å². The highest BCUT2D eigenvalue weighted by atomic mass is 32.2. The van der Waals surface area contributed by atoms with E-state index in [0.717, 1.165) is 10.9 Å². The number of nitrogens with zero attached hydrogens (tertiary/aromatic N) is 1. The van der Waals surface area contributed by atoms with Crippen molar-refractivity contribution in [1.29, 1.82) is 0 Å².